The van der Waals surface area contributed by atoms with Gasteiger partial charge in [0.15, 0.2) is 6.61 Å². The fraction of sp³-hybridized carbons (Fsp3) is 0.304. The summed E-state index contributed by atoms with van der Waals surface area (Å²) in [5.41, 5.74) is 3.88. The van der Waals surface area contributed by atoms with E-state index < -0.39 is 36.2 Å². The van der Waals surface area contributed by atoms with Crippen LogP contribution in [-0.2, 0) is 19.1 Å². The molecule has 0 unspecified atom stereocenters. The minimum absolute atomic E-state index is 0.101. The Bertz CT molecular complexity index is 1100. The summed E-state index contributed by atoms with van der Waals surface area (Å²) in [5.74, 6) is -2.68. The van der Waals surface area contributed by atoms with Crippen molar-refractivity contribution in [2.24, 2.45) is 5.92 Å². The molecular formula is C23H24ClN3O7. The summed E-state index contributed by atoms with van der Waals surface area (Å²) < 4.78 is 15.5. The van der Waals surface area contributed by atoms with Crippen LogP contribution in [0.5, 0.6) is 11.5 Å². The van der Waals surface area contributed by atoms with E-state index in [4.69, 9.17) is 25.8 Å². The van der Waals surface area contributed by atoms with Gasteiger partial charge in [0.05, 0.1) is 26.7 Å². The Morgan fingerprint density at radius 2 is 1.79 bits per heavy atom. The number of anilines is 1. The van der Waals surface area contributed by atoms with E-state index >= 15 is 0 Å². The van der Waals surface area contributed by atoms with Crippen LogP contribution in [0.4, 0.5) is 5.69 Å². The lowest BCUT2D eigenvalue weighted by atomic mass is 10.1. The Hall–Kier alpha value is -3.79. The number of aryl methyl sites for hydroxylation is 1. The number of nitrogens with zero attached hydrogens (tertiary/aromatic N) is 1. The zero-order valence-corrected chi connectivity index (χ0v) is 19.6. The summed E-state index contributed by atoms with van der Waals surface area (Å²) in [5, 5.41) is 4.11. The summed E-state index contributed by atoms with van der Waals surface area (Å²) in [6.45, 7) is 1.17. The molecule has 1 atom stereocenters. The van der Waals surface area contributed by atoms with Crippen LogP contribution in [0.3, 0.4) is 0 Å². The molecule has 3 amide bonds. The Morgan fingerprint density at radius 1 is 1.12 bits per heavy atom. The maximum atomic E-state index is 12.8. The molecule has 1 fully saturated rings. The number of amides is 3. The molecule has 1 heterocycles. The molecule has 1 saturated heterocycles. The van der Waals surface area contributed by atoms with Gasteiger partial charge in [-0.25, -0.2) is 0 Å². The Labute approximate surface area is 201 Å². The lowest BCUT2D eigenvalue weighted by Gasteiger charge is -2.19. The van der Waals surface area contributed by atoms with Crippen molar-refractivity contribution in [1.82, 2.24) is 10.4 Å². The standard InChI is InChI=1S/C23H24ClN3O7/c1-13-7-8-15(24)10-16(13)25-19(28)12-34-23(31)14-9-20(29)27(11-14)26-22(30)21-17(32-2)5-4-6-18(21)33-3/h4-8,10,14H,9,11-12H2,1-3H3,(H,25,28)(H,26,30)/t14-/m0/s1. The fourth-order valence-corrected chi connectivity index (χ4v) is 3.57. The summed E-state index contributed by atoms with van der Waals surface area (Å²) in [6, 6.07) is 9.85. The number of halogens is 1. The summed E-state index contributed by atoms with van der Waals surface area (Å²) in [4.78, 5) is 49.7. The highest BCUT2D eigenvalue weighted by molar-refractivity contribution is 6.31. The molecule has 1 aliphatic heterocycles. The highest BCUT2D eigenvalue weighted by Gasteiger charge is 2.37. The summed E-state index contributed by atoms with van der Waals surface area (Å²) >= 11 is 5.93. The molecule has 0 bridgehead atoms. The second-order valence-electron chi connectivity index (χ2n) is 7.50. The molecule has 3 rings (SSSR count). The molecule has 2 aromatic rings. The molecule has 11 heteroatoms. The molecule has 0 radical (unpaired) electrons. The minimum Gasteiger partial charge on any atom is -0.496 e. The summed E-state index contributed by atoms with van der Waals surface area (Å²) in [7, 11) is 2.81. The SMILES string of the molecule is COc1cccc(OC)c1C(=O)NN1C[C@@H](C(=O)OCC(=O)Nc2cc(Cl)ccc2C)CC1=O. The van der Waals surface area contributed by atoms with Crippen molar-refractivity contribution in [3.8, 4) is 11.5 Å². The van der Waals surface area contributed by atoms with Gasteiger partial charge >= 0.3 is 5.97 Å². The molecule has 2 aromatic carbocycles. The number of hydrogen-bond acceptors (Lipinski definition) is 7. The van der Waals surface area contributed by atoms with E-state index in [0.29, 0.717) is 10.7 Å². The second kappa shape index (κ2) is 10.9. The first-order valence-corrected chi connectivity index (χ1v) is 10.7. The maximum absolute atomic E-state index is 12.8. The zero-order chi connectivity index (χ0) is 24.8. The van der Waals surface area contributed by atoms with Crippen LogP contribution in [0.1, 0.15) is 22.3 Å². The highest BCUT2D eigenvalue weighted by atomic mass is 35.5. The topological polar surface area (TPSA) is 123 Å². The van der Waals surface area contributed by atoms with Gasteiger partial charge in [-0.05, 0) is 36.8 Å². The first-order valence-electron chi connectivity index (χ1n) is 10.3. The smallest absolute Gasteiger partial charge is 0.311 e. The predicted octanol–water partition coefficient (Wildman–Crippen LogP) is 2.34. The largest absolute Gasteiger partial charge is 0.496 e. The van der Waals surface area contributed by atoms with Gasteiger partial charge in [-0.15, -0.1) is 0 Å². The number of carbonyl (C=O) groups excluding carboxylic acids is 4. The Morgan fingerprint density at radius 3 is 2.44 bits per heavy atom. The monoisotopic (exact) mass is 489 g/mol. The van der Waals surface area contributed by atoms with Crippen LogP contribution in [0, 0.1) is 12.8 Å². The zero-order valence-electron chi connectivity index (χ0n) is 18.8. The molecule has 0 aromatic heterocycles. The first-order chi connectivity index (χ1) is 16.2. The molecule has 10 nitrogen and oxygen atoms in total. The van der Waals surface area contributed by atoms with Crippen LogP contribution >= 0.6 is 11.6 Å². The third kappa shape index (κ3) is 5.76. The van der Waals surface area contributed by atoms with Crippen molar-refractivity contribution in [3.63, 3.8) is 0 Å². The van der Waals surface area contributed by atoms with Crippen LogP contribution in [-0.4, -0.2) is 56.1 Å². The van der Waals surface area contributed by atoms with E-state index in [2.05, 4.69) is 10.7 Å². The van der Waals surface area contributed by atoms with Crippen LogP contribution < -0.4 is 20.2 Å². The van der Waals surface area contributed by atoms with Crippen molar-refractivity contribution in [2.45, 2.75) is 13.3 Å². The molecular weight excluding hydrogens is 466 g/mol. The Kier molecular flexibility index (Phi) is 7.95. The molecule has 2 N–H and O–H groups in total. The molecule has 0 spiro atoms. The van der Waals surface area contributed by atoms with Crippen molar-refractivity contribution in [1.29, 1.82) is 0 Å². The maximum Gasteiger partial charge on any atom is 0.311 e. The molecule has 180 valence electrons. The third-order valence-corrected chi connectivity index (χ3v) is 5.40. The number of benzene rings is 2. The van der Waals surface area contributed by atoms with Crippen molar-refractivity contribution in [2.75, 3.05) is 32.7 Å². The first kappa shape index (κ1) is 24.8. The fourth-order valence-electron chi connectivity index (χ4n) is 3.40. The van der Waals surface area contributed by atoms with E-state index in [1.165, 1.54) is 14.2 Å². The lowest BCUT2D eigenvalue weighted by Crippen LogP contribution is -2.43. The summed E-state index contributed by atoms with van der Waals surface area (Å²) in [6.07, 6.45) is -0.169. The number of esters is 1. The predicted molar refractivity (Wildman–Crippen MR) is 123 cm³/mol. The molecule has 1 aliphatic rings. The number of methoxy groups -OCH3 is 2. The van der Waals surface area contributed by atoms with Crippen molar-refractivity contribution < 1.29 is 33.4 Å². The van der Waals surface area contributed by atoms with Gasteiger partial charge in [-0.3, -0.25) is 29.6 Å². The quantitative estimate of drug-likeness (QED) is 0.545. The van der Waals surface area contributed by atoms with Crippen molar-refractivity contribution in [3.05, 3.63) is 52.5 Å². The van der Waals surface area contributed by atoms with E-state index in [-0.39, 0.29) is 30.0 Å². The van der Waals surface area contributed by atoms with E-state index in [1.807, 2.05) is 0 Å². The van der Waals surface area contributed by atoms with Crippen LogP contribution in [0.2, 0.25) is 5.02 Å². The number of nitrogens with one attached hydrogen (secondary N) is 2. The van der Waals surface area contributed by atoms with E-state index in [1.54, 1.807) is 43.3 Å². The highest BCUT2D eigenvalue weighted by Crippen LogP contribution is 2.28. The second-order valence-corrected chi connectivity index (χ2v) is 7.94. The molecule has 34 heavy (non-hydrogen) atoms. The van der Waals surface area contributed by atoms with Crippen LogP contribution in [0.25, 0.3) is 0 Å². The van der Waals surface area contributed by atoms with Crippen LogP contribution in [0.15, 0.2) is 36.4 Å². The average Bonchev–Trinajstić information content (AvgIpc) is 3.19. The van der Waals surface area contributed by atoms with Gasteiger partial charge in [0.2, 0.25) is 5.91 Å². The molecule has 0 aliphatic carbocycles. The molecule has 0 saturated carbocycles. The lowest BCUT2D eigenvalue weighted by molar-refractivity contribution is -0.151. The van der Waals surface area contributed by atoms with E-state index in [0.717, 1.165) is 10.6 Å². The number of rotatable bonds is 8. The minimum atomic E-state index is -0.840. The van der Waals surface area contributed by atoms with E-state index in [9.17, 15) is 19.2 Å². The van der Waals surface area contributed by atoms with Gasteiger partial charge in [-0.1, -0.05) is 23.7 Å². The van der Waals surface area contributed by atoms with Gasteiger partial charge in [-0.2, -0.15) is 0 Å². The number of ether oxygens (including phenoxy) is 3. The van der Waals surface area contributed by atoms with Gasteiger partial charge in [0, 0.05) is 17.1 Å². The normalized spacial score (nSPS) is 15.0. The van der Waals surface area contributed by atoms with Gasteiger partial charge in [0.25, 0.3) is 11.8 Å². The third-order valence-electron chi connectivity index (χ3n) is 5.17. The number of hydrogen-bond donors (Lipinski definition) is 2. The van der Waals surface area contributed by atoms with Gasteiger partial charge in [0.1, 0.15) is 17.1 Å². The van der Waals surface area contributed by atoms with Crippen molar-refractivity contribution >= 4 is 41.0 Å². The Balaban J connectivity index is 1.56. The number of carbonyl (C=O) groups is 4. The van der Waals surface area contributed by atoms with Gasteiger partial charge < -0.3 is 19.5 Å². The number of hydrazine groups is 1. The average molecular weight is 490 g/mol.